The molecule has 4 rings (SSSR count). The Kier molecular flexibility index (Phi) is 3.16. The SMILES string of the molecule is c1ccc2c(N3CCN(c4cnccn4)CC3)snc2c1. The number of hydrogen-bond acceptors (Lipinski definition) is 6. The molecular formula is C15H15N5S. The molecule has 1 aromatic carbocycles. The molecule has 1 saturated heterocycles. The summed E-state index contributed by atoms with van der Waals surface area (Å²) in [5, 5.41) is 2.54. The van der Waals surface area contributed by atoms with Crippen LogP contribution < -0.4 is 9.80 Å². The zero-order valence-corrected chi connectivity index (χ0v) is 12.3. The Morgan fingerprint density at radius 1 is 0.952 bits per heavy atom. The van der Waals surface area contributed by atoms with Gasteiger partial charge in [0.25, 0.3) is 0 Å². The van der Waals surface area contributed by atoms with E-state index in [0.717, 1.165) is 37.5 Å². The Morgan fingerprint density at radius 3 is 2.57 bits per heavy atom. The van der Waals surface area contributed by atoms with Gasteiger partial charge in [0.1, 0.15) is 10.8 Å². The molecule has 2 aromatic heterocycles. The first-order valence-electron chi connectivity index (χ1n) is 7.02. The third-order valence-electron chi connectivity index (χ3n) is 3.81. The van der Waals surface area contributed by atoms with Crippen molar-refractivity contribution in [3.63, 3.8) is 0 Å². The average molecular weight is 297 g/mol. The first-order valence-corrected chi connectivity index (χ1v) is 7.79. The lowest BCUT2D eigenvalue weighted by molar-refractivity contribution is 0.651. The van der Waals surface area contributed by atoms with Crippen LogP contribution in [0.15, 0.2) is 42.9 Å². The lowest BCUT2D eigenvalue weighted by atomic mass is 10.2. The normalized spacial score (nSPS) is 15.6. The summed E-state index contributed by atoms with van der Waals surface area (Å²) in [6, 6.07) is 8.35. The molecule has 0 unspecified atom stereocenters. The van der Waals surface area contributed by atoms with E-state index in [-0.39, 0.29) is 0 Å². The molecule has 3 heterocycles. The number of rotatable bonds is 2. The fraction of sp³-hybridized carbons (Fsp3) is 0.267. The fourth-order valence-electron chi connectivity index (χ4n) is 2.70. The molecule has 1 aliphatic rings. The summed E-state index contributed by atoms with van der Waals surface area (Å²) in [5.41, 5.74) is 1.09. The zero-order chi connectivity index (χ0) is 14.1. The first-order chi connectivity index (χ1) is 10.4. The Hall–Kier alpha value is -2.21. The van der Waals surface area contributed by atoms with Gasteiger partial charge in [0.2, 0.25) is 0 Å². The highest BCUT2D eigenvalue weighted by Crippen LogP contribution is 2.31. The van der Waals surface area contributed by atoms with E-state index in [1.54, 1.807) is 23.9 Å². The van der Waals surface area contributed by atoms with Crippen molar-refractivity contribution in [1.82, 2.24) is 14.3 Å². The van der Waals surface area contributed by atoms with Crippen LogP contribution in [-0.4, -0.2) is 40.5 Å². The summed E-state index contributed by atoms with van der Waals surface area (Å²) in [5.74, 6) is 0.964. The minimum absolute atomic E-state index is 0.963. The van der Waals surface area contributed by atoms with Crippen LogP contribution in [0.4, 0.5) is 10.8 Å². The van der Waals surface area contributed by atoms with Crippen LogP contribution in [-0.2, 0) is 0 Å². The van der Waals surface area contributed by atoms with Gasteiger partial charge in [-0.2, -0.15) is 4.37 Å². The fourth-order valence-corrected chi connectivity index (χ4v) is 3.61. The Labute approximate surface area is 127 Å². The second-order valence-corrected chi connectivity index (χ2v) is 5.79. The van der Waals surface area contributed by atoms with E-state index in [1.165, 1.54) is 10.4 Å². The van der Waals surface area contributed by atoms with Crippen LogP contribution in [0, 0.1) is 0 Å². The molecule has 0 N–H and O–H groups in total. The third-order valence-corrected chi connectivity index (χ3v) is 4.74. The van der Waals surface area contributed by atoms with Crippen LogP contribution in [0.1, 0.15) is 0 Å². The van der Waals surface area contributed by atoms with Crippen LogP contribution in [0.5, 0.6) is 0 Å². The molecule has 6 heteroatoms. The molecule has 3 aromatic rings. The Bertz CT molecular complexity index is 734. The topological polar surface area (TPSA) is 45.2 Å². The zero-order valence-electron chi connectivity index (χ0n) is 11.5. The van der Waals surface area contributed by atoms with Crippen molar-refractivity contribution in [2.24, 2.45) is 0 Å². The summed E-state index contributed by atoms with van der Waals surface area (Å²) >= 11 is 1.60. The van der Waals surface area contributed by atoms with Crippen molar-refractivity contribution in [3.8, 4) is 0 Å². The minimum atomic E-state index is 0.963. The predicted molar refractivity (Wildman–Crippen MR) is 86.1 cm³/mol. The number of nitrogens with zero attached hydrogens (tertiary/aromatic N) is 5. The number of anilines is 2. The third kappa shape index (κ3) is 2.31. The maximum absolute atomic E-state index is 4.54. The maximum atomic E-state index is 4.54. The standard InChI is InChI=1S/C15H15N5S/c1-2-4-13-12(3-1)15(21-18-13)20-9-7-19(8-10-20)14-11-16-5-6-17-14/h1-6,11H,7-10H2. The van der Waals surface area contributed by atoms with Crippen LogP contribution >= 0.6 is 11.5 Å². The van der Waals surface area contributed by atoms with E-state index in [2.05, 4.69) is 42.3 Å². The van der Waals surface area contributed by atoms with Gasteiger partial charge in [0.15, 0.2) is 0 Å². The molecule has 0 saturated carbocycles. The molecule has 0 amide bonds. The van der Waals surface area contributed by atoms with Gasteiger partial charge in [-0.1, -0.05) is 12.1 Å². The summed E-state index contributed by atoms with van der Waals surface area (Å²) in [4.78, 5) is 13.2. The maximum Gasteiger partial charge on any atom is 0.147 e. The van der Waals surface area contributed by atoms with Gasteiger partial charge in [0.05, 0.1) is 11.7 Å². The molecule has 0 bridgehead atoms. The van der Waals surface area contributed by atoms with Crippen LogP contribution in [0.2, 0.25) is 0 Å². The van der Waals surface area contributed by atoms with Crippen LogP contribution in [0.25, 0.3) is 10.9 Å². The number of aromatic nitrogens is 3. The average Bonchev–Trinajstić information content (AvgIpc) is 3.00. The molecule has 0 radical (unpaired) electrons. The number of benzene rings is 1. The molecule has 21 heavy (non-hydrogen) atoms. The summed E-state index contributed by atoms with van der Waals surface area (Å²) in [6.07, 6.45) is 5.29. The smallest absolute Gasteiger partial charge is 0.147 e. The molecule has 106 valence electrons. The van der Waals surface area contributed by atoms with Gasteiger partial charge < -0.3 is 9.80 Å². The van der Waals surface area contributed by atoms with Crippen LogP contribution in [0.3, 0.4) is 0 Å². The molecule has 0 aliphatic carbocycles. The minimum Gasteiger partial charge on any atom is -0.358 e. The molecule has 0 spiro atoms. The predicted octanol–water partition coefficient (Wildman–Crippen LogP) is 2.41. The molecule has 5 nitrogen and oxygen atoms in total. The first kappa shape index (κ1) is 12.5. The summed E-state index contributed by atoms with van der Waals surface area (Å²) < 4.78 is 4.54. The lowest BCUT2D eigenvalue weighted by Crippen LogP contribution is -2.46. The Balaban J connectivity index is 1.53. The van der Waals surface area contributed by atoms with E-state index >= 15 is 0 Å². The summed E-state index contributed by atoms with van der Waals surface area (Å²) in [6.45, 7) is 3.90. The number of hydrogen-bond donors (Lipinski definition) is 0. The van der Waals surface area contributed by atoms with Crippen molar-refractivity contribution in [2.45, 2.75) is 0 Å². The quantitative estimate of drug-likeness (QED) is 0.727. The van der Waals surface area contributed by atoms with Gasteiger partial charge in [-0.05, 0) is 23.7 Å². The van der Waals surface area contributed by atoms with Crippen molar-refractivity contribution < 1.29 is 0 Å². The Morgan fingerprint density at radius 2 is 1.76 bits per heavy atom. The lowest BCUT2D eigenvalue weighted by Gasteiger charge is -2.35. The van der Waals surface area contributed by atoms with Crippen molar-refractivity contribution in [1.29, 1.82) is 0 Å². The van der Waals surface area contributed by atoms with Crippen molar-refractivity contribution in [3.05, 3.63) is 42.9 Å². The van der Waals surface area contributed by atoms with E-state index in [0.29, 0.717) is 0 Å². The van der Waals surface area contributed by atoms with E-state index in [1.807, 2.05) is 12.3 Å². The van der Waals surface area contributed by atoms with Gasteiger partial charge in [-0.15, -0.1) is 0 Å². The molecular weight excluding hydrogens is 282 g/mol. The largest absolute Gasteiger partial charge is 0.358 e. The molecule has 1 fully saturated rings. The molecule has 0 atom stereocenters. The van der Waals surface area contributed by atoms with E-state index in [4.69, 9.17) is 0 Å². The van der Waals surface area contributed by atoms with E-state index < -0.39 is 0 Å². The van der Waals surface area contributed by atoms with Crippen molar-refractivity contribution in [2.75, 3.05) is 36.0 Å². The summed E-state index contributed by atoms with van der Waals surface area (Å²) in [7, 11) is 0. The van der Waals surface area contributed by atoms with Gasteiger partial charge in [-0.3, -0.25) is 4.98 Å². The highest BCUT2D eigenvalue weighted by atomic mass is 32.1. The number of fused-ring (bicyclic) bond motifs is 1. The monoisotopic (exact) mass is 297 g/mol. The second kappa shape index (κ2) is 5.29. The second-order valence-electron chi connectivity index (χ2n) is 5.04. The van der Waals surface area contributed by atoms with Gasteiger partial charge in [0, 0.05) is 44.0 Å². The highest BCUT2D eigenvalue weighted by Gasteiger charge is 2.21. The number of piperazine rings is 1. The van der Waals surface area contributed by atoms with Gasteiger partial charge in [-0.25, -0.2) is 4.98 Å². The van der Waals surface area contributed by atoms with E-state index in [9.17, 15) is 0 Å². The highest BCUT2D eigenvalue weighted by molar-refractivity contribution is 7.11. The van der Waals surface area contributed by atoms with Gasteiger partial charge >= 0.3 is 0 Å². The van der Waals surface area contributed by atoms with Crippen molar-refractivity contribution >= 4 is 33.3 Å². The molecule has 1 aliphatic heterocycles.